The molecule has 0 unspecified atom stereocenters. The van der Waals surface area contributed by atoms with Crippen molar-refractivity contribution in [2.45, 2.75) is 32.4 Å². The summed E-state index contributed by atoms with van der Waals surface area (Å²) in [5.41, 5.74) is 9.36. The molecule has 5 nitrogen and oxygen atoms in total. The van der Waals surface area contributed by atoms with E-state index in [2.05, 4.69) is 128 Å². The van der Waals surface area contributed by atoms with Gasteiger partial charge in [-0.2, -0.15) is 23.3 Å². The number of para-hydroxylation sites is 2. The zero-order valence-corrected chi connectivity index (χ0v) is 31.5. The first kappa shape index (κ1) is 32.2. The first-order chi connectivity index (χ1) is 23.9. The summed E-state index contributed by atoms with van der Waals surface area (Å²) < 4.78 is 8.42. The minimum atomic E-state index is -2.05. The van der Waals surface area contributed by atoms with Crippen LogP contribution in [0.1, 0.15) is 33.8 Å². The van der Waals surface area contributed by atoms with Crippen LogP contribution in [0.4, 0.5) is 17.1 Å². The van der Waals surface area contributed by atoms with E-state index >= 15 is 0 Å². The molecule has 0 saturated heterocycles. The standard InChI is InChI=1S/C43H34N4OSi.Pt/c1-29-26-30(2)47(45-29)33-23-24-39-37(28-33)46(36-18-7-8-19-38(36)48-39)32-15-13-14-31(27-32)43(42-22-11-12-25-44-42)34-16-5-9-20-40(34)49(3,4)41-21-10-6-17-35(41)43;/h5-26H,1-4H3;/q-2;+2. The van der Waals surface area contributed by atoms with Crippen LogP contribution < -0.4 is 20.0 Å². The van der Waals surface area contributed by atoms with Crippen LogP contribution in [0.15, 0.2) is 134 Å². The molecule has 4 heterocycles. The molecule has 2 aromatic heterocycles. The van der Waals surface area contributed by atoms with Gasteiger partial charge in [-0.3, -0.25) is 9.67 Å². The Kier molecular flexibility index (Phi) is 7.78. The van der Waals surface area contributed by atoms with Crippen LogP contribution in [0.25, 0.3) is 5.69 Å². The first-order valence-electron chi connectivity index (χ1n) is 16.7. The Labute approximate surface area is 308 Å². The quantitative estimate of drug-likeness (QED) is 0.132. The van der Waals surface area contributed by atoms with E-state index in [1.165, 1.54) is 21.5 Å². The summed E-state index contributed by atoms with van der Waals surface area (Å²) in [5.74, 6) is 1.50. The summed E-state index contributed by atoms with van der Waals surface area (Å²) >= 11 is 0. The van der Waals surface area contributed by atoms with Gasteiger partial charge in [-0.15, -0.1) is 29.8 Å². The molecule has 0 saturated carbocycles. The van der Waals surface area contributed by atoms with Gasteiger partial charge in [0.15, 0.2) is 0 Å². The molecule has 7 aromatic rings. The molecule has 0 fully saturated rings. The molecule has 0 N–H and O–H groups in total. The normalized spacial score (nSPS) is 14.7. The van der Waals surface area contributed by atoms with Gasteiger partial charge in [0.05, 0.1) is 22.5 Å². The number of hydrogen-bond acceptors (Lipinski definition) is 4. The van der Waals surface area contributed by atoms with Crippen molar-refractivity contribution in [2.24, 2.45) is 0 Å². The molecular formula is C43H34N4OPtSi. The number of hydrogen-bond donors (Lipinski definition) is 0. The molecule has 246 valence electrons. The van der Waals surface area contributed by atoms with Gasteiger partial charge in [0.1, 0.15) is 13.8 Å². The minimum Gasteiger partial charge on any atom is -0.513 e. The predicted octanol–water partition coefficient (Wildman–Crippen LogP) is 8.58. The Hall–Kier alpha value is -5.03. The maximum Gasteiger partial charge on any atom is 2.00 e. The molecule has 2 aliphatic rings. The smallest absolute Gasteiger partial charge is 0.513 e. The number of nitrogens with zero attached hydrogens (tertiary/aromatic N) is 4. The van der Waals surface area contributed by atoms with Crippen LogP contribution >= 0.6 is 0 Å². The van der Waals surface area contributed by atoms with Crippen molar-refractivity contribution < 1.29 is 25.8 Å². The first-order valence-corrected chi connectivity index (χ1v) is 19.7. The van der Waals surface area contributed by atoms with Gasteiger partial charge in [0.2, 0.25) is 0 Å². The Morgan fingerprint density at radius 3 is 2.08 bits per heavy atom. The number of benzene rings is 5. The maximum absolute atomic E-state index is 6.49. The van der Waals surface area contributed by atoms with Crippen LogP contribution in [0.3, 0.4) is 0 Å². The van der Waals surface area contributed by atoms with E-state index in [-0.39, 0.29) is 21.1 Å². The number of pyridine rings is 1. The molecule has 50 heavy (non-hydrogen) atoms. The monoisotopic (exact) mass is 845 g/mol. The Morgan fingerprint density at radius 2 is 1.38 bits per heavy atom. The fraction of sp³-hybridized carbons (Fsp3) is 0.116. The third-order valence-electron chi connectivity index (χ3n) is 10.1. The fourth-order valence-electron chi connectivity index (χ4n) is 8.02. The molecular weight excluding hydrogens is 812 g/mol. The van der Waals surface area contributed by atoms with E-state index in [0.717, 1.165) is 56.9 Å². The molecule has 0 radical (unpaired) electrons. The molecule has 0 spiro atoms. The van der Waals surface area contributed by atoms with Crippen molar-refractivity contribution in [3.8, 4) is 17.2 Å². The molecule has 7 heteroatoms. The number of rotatable bonds is 4. The van der Waals surface area contributed by atoms with Crippen molar-refractivity contribution in [3.63, 3.8) is 0 Å². The van der Waals surface area contributed by atoms with Crippen molar-refractivity contribution in [1.82, 2.24) is 14.8 Å². The summed E-state index contributed by atoms with van der Waals surface area (Å²) in [5, 5.41) is 7.60. The van der Waals surface area contributed by atoms with Crippen molar-refractivity contribution >= 4 is 35.5 Å². The van der Waals surface area contributed by atoms with Crippen LogP contribution in [0.5, 0.6) is 11.5 Å². The summed E-state index contributed by atoms with van der Waals surface area (Å²) in [6.45, 7) is 9.00. The van der Waals surface area contributed by atoms with E-state index in [1.807, 2.05) is 54.2 Å². The van der Waals surface area contributed by atoms with Gasteiger partial charge in [-0.1, -0.05) is 85.5 Å². The third kappa shape index (κ3) is 4.69. The summed E-state index contributed by atoms with van der Waals surface area (Å²) in [7, 11) is -2.05. The molecule has 9 rings (SSSR count). The fourth-order valence-corrected chi connectivity index (χ4v) is 11.2. The van der Waals surface area contributed by atoms with Crippen LogP contribution in [-0.2, 0) is 26.5 Å². The molecule has 2 aliphatic heterocycles. The van der Waals surface area contributed by atoms with Crippen LogP contribution in [0.2, 0.25) is 13.1 Å². The number of fused-ring (bicyclic) bond motifs is 4. The summed E-state index contributed by atoms with van der Waals surface area (Å²) in [4.78, 5) is 7.33. The van der Waals surface area contributed by atoms with Crippen molar-refractivity contribution in [1.29, 1.82) is 0 Å². The van der Waals surface area contributed by atoms with Gasteiger partial charge in [0, 0.05) is 17.6 Å². The van der Waals surface area contributed by atoms with Crippen LogP contribution in [-0.4, -0.2) is 22.8 Å². The SMILES string of the molecule is Cc1cc(C)n(-c2[c-]c3c(cc2)Oc2ccccc2N3c2[c-]c(C3(c4ccccn4)c4ccccc4[Si](C)(C)c4ccccc43)ccc2)n1.[Pt+2]. The van der Waals surface area contributed by atoms with Crippen LogP contribution in [0, 0.1) is 26.0 Å². The molecule has 0 bridgehead atoms. The second-order valence-corrected chi connectivity index (χ2v) is 17.8. The second kappa shape index (κ2) is 12.1. The minimum absolute atomic E-state index is 0. The van der Waals surface area contributed by atoms with Crippen molar-refractivity contribution in [3.05, 3.63) is 179 Å². The van der Waals surface area contributed by atoms with Gasteiger partial charge in [-0.25, -0.2) is 0 Å². The van der Waals surface area contributed by atoms with Gasteiger partial charge >= 0.3 is 21.1 Å². The Morgan fingerprint density at radius 1 is 0.680 bits per heavy atom. The third-order valence-corrected chi connectivity index (χ3v) is 13.7. The number of aryl methyl sites for hydroxylation is 2. The van der Waals surface area contributed by atoms with Gasteiger partial charge in [-0.05, 0) is 77.1 Å². The predicted molar refractivity (Wildman–Crippen MR) is 198 cm³/mol. The van der Waals surface area contributed by atoms with E-state index < -0.39 is 13.5 Å². The average molecular weight is 846 g/mol. The average Bonchev–Trinajstić information content (AvgIpc) is 3.48. The van der Waals surface area contributed by atoms with E-state index in [0.29, 0.717) is 0 Å². The number of anilines is 3. The zero-order chi connectivity index (χ0) is 33.3. The van der Waals surface area contributed by atoms with E-state index in [1.54, 1.807) is 0 Å². The van der Waals surface area contributed by atoms with Crippen molar-refractivity contribution in [2.75, 3.05) is 4.90 Å². The summed E-state index contributed by atoms with van der Waals surface area (Å²) in [6, 6.07) is 52.7. The largest absolute Gasteiger partial charge is 2.00 e. The number of ether oxygens (including phenoxy) is 1. The topological polar surface area (TPSA) is 43.2 Å². The van der Waals surface area contributed by atoms with Gasteiger partial charge in [0.25, 0.3) is 0 Å². The zero-order valence-electron chi connectivity index (χ0n) is 28.2. The maximum atomic E-state index is 6.49. The number of aromatic nitrogens is 3. The molecule has 0 amide bonds. The molecule has 0 aliphatic carbocycles. The van der Waals surface area contributed by atoms with E-state index in [9.17, 15) is 0 Å². The molecule has 5 aromatic carbocycles. The summed E-state index contributed by atoms with van der Waals surface area (Å²) in [6.07, 6.45) is 1.91. The van der Waals surface area contributed by atoms with Gasteiger partial charge < -0.3 is 9.64 Å². The second-order valence-electron chi connectivity index (χ2n) is 13.4. The van der Waals surface area contributed by atoms with E-state index in [4.69, 9.17) is 14.8 Å². The Balaban J connectivity index is 0.00000361. The Bertz CT molecular complexity index is 2350. The molecule has 0 atom stereocenters.